The summed E-state index contributed by atoms with van der Waals surface area (Å²) in [6.45, 7) is 2.34. The second-order valence-electron chi connectivity index (χ2n) is 10.1. The van der Waals surface area contributed by atoms with Crippen LogP contribution in [-0.4, -0.2) is 73.7 Å². The zero-order valence-corrected chi connectivity index (χ0v) is 21.3. The first kappa shape index (κ1) is 28.2. The van der Waals surface area contributed by atoms with Crippen molar-refractivity contribution in [3.8, 4) is 17.1 Å². The number of hydrogen-bond acceptors (Lipinski definition) is 7. The van der Waals surface area contributed by atoms with Crippen molar-refractivity contribution in [1.82, 2.24) is 25.4 Å². The number of pyridine rings is 1. The van der Waals surface area contributed by atoms with Crippen LogP contribution in [0.1, 0.15) is 63.8 Å². The minimum atomic E-state index is -4.68. The average molecular weight is 544 g/mol. The van der Waals surface area contributed by atoms with E-state index in [9.17, 15) is 32.6 Å². The van der Waals surface area contributed by atoms with E-state index in [1.807, 2.05) is 11.8 Å². The lowest BCUT2D eigenvalue weighted by atomic mass is 9.81. The third-order valence-corrected chi connectivity index (χ3v) is 7.80. The van der Waals surface area contributed by atoms with Gasteiger partial charge in [0, 0.05) is 36.2 Å². The quantitative estimate of drug-likeness (QED) is 0.395. The van der Waals surface area contributed by atoms with E-state index >= 15 is 0 Å². The van der Waals surface area contributed by atoms with Gasteiger partial charge in [0.2, 0.25) is 11.8 Å². The Labute approximate surface area is 217 Å². The molecule has 3 atom stereocenters. The molecule has 3 heterocycles. The summed E-state index contributed by atoms with van der Waals surface area (Å²) in [5.74, 6) is -0.910. The molecule has 1 unspecified atom stereocenters. The lowest BCUT2D eigenvalue weighted by molar-refractivity contribution is -0.270. The van der Waals surface area contributed by atoms with Gasteiger partial charge in [0.05, 0.1) is 19.0 Å². The Balaban J connectivity index is 1.36. The molecule has 1 amide bonds. The summed E-state index contributed by atoms with van der Waals surface area (Å²) in [7, 11) is 1.42. The zero-order chi connectivity index (χ0) is 27.7. The highest BCUT2D eigenvalue weighted by Crippen LogP contribution is 2.41. The Bertz CT molecular complexity index is 1120. The van der Waals surface area contributed by atoms with Crippen LogP contribution in [-0.2, 0) is 4.79 Å². The molecule has 0 bridgehead atoms. The predicted octanol–water partition coefficient (Wildman–Crippen LogP) is 3.45. The number of aromatic nitrogens is 3. The van der Waals surface area contributed by atoms with Gasteiger partial charge in [0.15, 0.2) is 17.6 Å². The van der Waals surface area contributed by atoms with E-state index in [-0.39, 0.29) is 42.2 Å². The van der Waals surface area contributed by atoms with Crippen molar-refractivity contribution in [2.24, 2.45) is 5.92 Å². The molecule has 1 saturated heterocycles. The Morgan fingerprint density at radius 2 is 2.03 bits per heavy atom. The van der Waals surface area contributed by atoms with Crippen molar-refractivity contribution in [1.29, 1.82) is 0 Å². The van der Waals surface area contributed by atoms with Crippen LogP contribution >= 0.6 is 0 Å². The van der Waals surface area contributed by atoms with Crippen molar-refractivity contribution in [3.05, 3.63) is 29.8 Å². The molecule has 4 rings (SSSR count). The summed E-state index contributed by atoms with van der Waals surface area (Å²) >= 11 is 0. The van der Waals surface area contributed by atoms with Crippen LogP contribution in [0.5, 0.6) is 5.88 Å². The maximum absolute atomic E-state index is 14.3. The van der Waals surface area contributed by atoms with Gasteiger partial charge >= 0.3 is 6.18 Å². The number of aliphatic hydroxyl groups excluding tert-OH is 1. The monoisotopic (exact) mass is 543 g/mol. The van der Waals surface area contributed by atoms with Crippen LogP contribution in [0.25, 0.3) is 11.3 Å². The molecule has 0 spiro atoms. The maximum atomic E-state index is 14.3. The molecule has 0 aromatic carbocycles. The normalized spacial score (nSPS) is 27.6. The van der Waals surface area contributed by atoms with Crippen molar-refractivity contribution in [2.75, 3.05) is 13.7 Å². The van der Waals surface area contributed by atoms with E-state index in [0.29, 0.717) is 37.2 Å². The van der Waals surface area contributed by atoms with E-state index in [1.54, 1.807) is 6.07 Å². The van der Waals surface area contributed by atoms with E-state index in [1.165, 1.54) is 13.2 Å². The molecular weight excluding hydrogens is 510 g/mol. The SMILES string of the molecule is CC[C@@H]1C[C@@H](C(=O)N[C@H]2CC[C@@](O)(C(F)(F)F)CC2)CCN1C(O)c1cc(-c2cc(OC)ncc2F)[nH]n1. The van der Waals surface area contributed by atoms with E-state index in [0.717, 1.165) is 6.20 Å². The number of halogens is 4. The Morgan fingerprint density at radius 3 is 2.66 bits per heavy atom. The minimum absolute atomic E-state index is 0.0575. The van der Waals surface area contributed by atoms with Crippen LogP contribution in [0.15, 0.2) is 18.3 Å². The van der Waals surface area contributed by atoms with Crippen LogP contribution in [0, 0.1) is 11.7 Å². The number of rotatable bonds is 7. The van der Waals surface area contributed by atoms with E-state index in [2.05, 4.69) is 20.5 Å². The highest BCUT2D eigenvalue weighted by atomic mass is 19.4. The van der Waals surface area contributed by atoms with Crippen LogP contribution in [0.4, 0.5) is 17.6 Å². The van der Waals surface area contributed by atoms with Gasteiger partial charge in [-0.3, -0.25) is 14.8 Å². The molecule has 2 aliphatic rings. The number of amides is 1. The largest absolute Gasteiger partial charge is 0.481 e. The number of alkyl halides is 3. The number of carbonyl (C=O) groups excluding carboxylic acids is 1. The van der Waals surface area contributed by atoms with Gasteiger partial charge in [-0.1, -0.05) is 6.92 Å². The summed E-state index contributed by atoms with van der Waals surface area (Å²) in [6, 6.07) is 2.42. The molecule has 2 aromatic rings. The van der Waals surface area contributed by atoms with Gasteiger partial charge in [-0.2, -0.15) is 18.3 Å². The zero-order valence-electron chi connectivity index (χ0n) is 21.3. The lowest BCUT2D eigenvalue weighted by Crippen LogP contribution is -2.53. The molecule has 0 radical (unpaired) electrons. The topological polar surface area (TPSA) is 124 Å². The van der Waals surface area contributed by atoms with Crippen molar-refractivity contribution < 1.29 is 37.3 Å². The predicted molar refractivity (Wildman–Crippen MR) is 128 cm³/mol. The van der Waals surface area contributed by atoms with Gasteiger partial charge < -0.3 is 20.3 Å². The lowest BCUT2D eigenvalue weighted by Gasteiger charge is -2.41. The highest BCUT2D eigenvalue weighted by molar-refractivity contribution is 5.79. The summed E-state index contributed by atoms with van der Waals surface area (Å²) in [5, 5.41) is 30.7. The smallest absolute Gasteiger partial charge is 0.417 e. The molecular formula is C25H33F4N5O4. The molecule has 38 heavy (non-hydrogen) atoms. The first-order valence-corrected chi connectivity index (χ1v) is 12.7. The molecule has 13 heteroatoms. The molecule has 1 saturated carbocycles. The van der Waals surface area contributed by atoms with Gasteiger partial charge in [-0.05, 0) is 51.0 Å². The van der Waals surface area contributed by atoms with Crippen LogP contribution < -0.4 is 10.1 Å². The number of likely N-dealkylation sites (tertiary alicyclic amines) is 1. The molecule has 210 valence electrons. The molecule has 4 N–H and O–H groups in total. The third kappa shape index (κ3) is 5.79. The third-order valence-electron chi connectivity index (χ3n) is 7.80. The van der Waals surface area contributed by atoms with Crippen molar-refractivity contribution >= 4 is 5.91 Å². The van der Waals surface area contributed by atoms with Gasteiger partial charge in [0.25, 0.3) is 0 Å². The second-order valence-corrected chi connectivity index (χ2v) is 10.1. The van der Waals surface area contributed by atoms with Crippen molar-refractivity contribution in [3.63, 3.8) is 0 Å². The molecule has 1 aliphatic heterocycles. The number of ether oxygens (including phenoxy) is 1. The van der Waals surface area contributed by atoms with Gasteiger partial charge in [-0.15, -0.1) is 0 Å². The van der Waals surface area contributed by atoms with E-state index in [4.69, 9.17) is 4.74 Å². The number of aromatic amines is 1. The molecule has 9 nitrogen and oxygen atoms in total. The molecule has 1 aliphatic carbocycles. The number of methoxy groups -OCH3 is 1. The van der Waals surface area contributed by atoms with E-state index < -0.39 is 42.7 Å². The van der Waals surface area contributed by atoms with Crippen LogP contribution in [0.3, 0.4) is 0 Å². The molecule has 2 aromatic heterocycles. The first-order valence-electron chi connectivity index (χ1n) is 12.7. The second kappa shape index (κ2) is 11.1. The number of aliphatic hydroxyl groups is 2. The summed E-state index contributed by atoms with van der Waals surface area (Å²) < 4.78 is 58.5. The summed E-state index contributed by atoms with van der Waals surface area (Å²) in [5.41, 5.74) is -1.84. The fourth-order valence-corrected chi connectivity index (χ4v) is 5.39. The fourth-order valence-electron chi connectivity index (χ4n) is 5.39. The minimum Gasteiger partial charge on any atom is -0.481 e. The Morgan fingerprint density at radius 1 is 1.32 bits per heavy atom. The number of piperidine rings is 1. The standard InChI is InChI=1S/C25H33F4N5O4/c1-3-16-10-14(22(35)31-15-4-7-24(37,8-5-15)25(27,28)29)6-9-34(16)23(36)20-12-19(32-33-20)17-11-21(38-2)30-13-18(17)26/h11-16,23,36-37H,3-10H2,1-2H3,(H,31,35)(H,32,33)/t14-,15-,16+,23?,24-/m0/s1. The van der Waals surface area contributed by atoms with Crippen LogP contribution in [0.2, 0.25) is 0 Å². The summed E-state index contributed by atoms with van der Waals surface area (Å²) in [6.07, 6.45) is -3.93. The number of H-pyrrole nitrogens is 1. The number of hydrogen-bond donors (Lipinski definition) is 4. The highest BCUT2D eigenvalue weighted by Gasteiger charge is 2.54. The number of nitrogens with one attached hydrogen (secondary N) is 2. The Kier molecular flexibility index (Phi) is 8.29. The maximum Gasteiger partial charge on any atom is 0.417 e. The number of carbonyl (C=O) groups is 1. The molecule has 2 fully saturated rings. The Hall–Kier alpha value is -2.77. The number of nitrogens with zero attached hydrogens (tertiary/aromatic N) is 3. The van der Waals surface area contributed by atoms with Gasteiger partial charge in [-0.25, -0.2) is 9.37 Å². The fraction of sp³-hybridized carbons (Fsp3) is 0.640. The average Bonchev–Trinajstić information content (AvgIpc) is 3.39. The van der Waals surface area contributed by atoms with Crippen molar-refractivity contribution in [2.45, 2.75) is 82.0 Å². The first-order chi connectivity index (χ1) is 18.0. The van der Waals surface area contributed by atoms with Gasteiger partial charge in [0.1, 0.15) is 5.69 Å². The summed E-state index contributed by atoms with van der Waals surface area (Å²) in [4.78, 5) is 18.6.